The molecule has 6 heteroatoms. The smallest absolute Gasteiger partial charge is 0.260 e. The van der Waals surface area contributed by atoms with Crippen LogP contribution in [0, 0.1) is 0 Å². The third-order valence-corrected chi connectivity index (χ3v) is 3.54. The number of hydrogen-bond acceptors (Lipinski definition) is 5. The Balaban J connectivity index is 1.42. The Kier molecular flexibility index (Phi) is 4.61. The Hall–Kier alpha value is -2.76. The Morgan fingerprint density at radius 3 is 2.74 bits per heavy atom. The molecule has 6 nitrogen and oxygen atoms in total. The highest BCUT2D eigenvalue weighted by Crippen LogP contribution is 2.20. The number of pyridine rings is 1. The minimum Gasteiger partial charge on any atom is -0.497 e. The highest BCUT2D eigenvalue weighted by atomic mass is 16.5. The molecular weight excluding hydrogens is 296 g/mol. The summed E-state index contributed by atoms with van der Waals surface area (Å²) >= 11 is 0. The average molecular weight is 314 g/mol. The molecule has 0 unspecified atom stereocenters. The summed E-state index contributed by atoms with van der Waals surface area (Å²) in [6, 6.07) is 10.9. The van der Waals surface area contributed by atoms with Crippen LogP contribution in [0.1, 0.15) is 0 Å². The molecule has 0 radical (unpaired) electrons. The van der Waals surface area contributed by atoms with E-state index in [2.05, 4.69) is 4.98 Å². The van der Waals surface area contributed by atoms with Crippen LogP contribution < -0.4 is 14.2 Å². The van der Waals surface area contributed by atoms with Crippen molar-refractivity contribution in [2.24, 2.45) is 0 Å². The van der Waals surface area contributed by atoms with E-state index in [0.717, 1.165) is 5.75 Å². The maximum Gasteiger partial charge on any atom is 0.260 e. The number of ether oxygens (including phenoxy) is 3. The number of carbonyl (C=O) groups excluding carboxylic acids is 1. The van der Waals surface area contributed by atoms with Gasteiger partial charge in [0, 0.05) is 12.3 Å². The second kappa shape index (κ2) is 7.00. The summed E-state index contributed by atoms with van der Waals surface area (Å²) < 4.78 is 16.3. The largest absolute Gasteiger partial charge is 0.497 e. The van der Waals surface area contributed by atoms with Gasteiger partial charge in [-0.2, -0.15) is 0 Å². The zero-order valence-corrected chi connectivity index (χ0v) is 12.8. The third-order valence-electron chi connectivity index (χ3n) is 3.54. The van der Waals surface area contributed by atoms with Crippen LogP contribution in [0.4, 0.5) is 0 Å². The number of hydrogen-bond donors (Lipinski definition) is 0. The number of rotatable bonds is 6. The maximum atomic E-state index is 12.1. The molecule has 2 aromatic rings. The quantitative estimate of drug-likeness (QED) is 0.813. The van der Waals surface area contributed by atoms with Gasteiger partial charge in [0.25, 0.3) is 5.91 Å². The Morgan fingerprint density at radius 2 is 2.00 bits per heavy atom. The fourth-order valence-corrected chi connectivity index (χ4v) is 2.25. The average Bonchev–Trinajstić information content (AvgIpc) is 2.56. The summed E-state index contributed by atoms with van der Waals surface area (Å²) in [6.07, 6.45) is 3.37. The highest BCUT2D eigenvalue weighted by Gasteiger charge is 2.32. The maximum absolute atomic E-state index is 12.1. The van der Waals surface area contributed by atoms with Gasteiger partial charge in [-0.3, -0.25) is 9.78 Å². The molecule has 1 aliphatic rings. The van der Waals surface area contributed by atoms with Crippen LogP contribution in [0.2, 0.25) is 0 Å². The van der Waals surface area contributed by atoms with Gasteiger partial charge >= 0.3 is 0 Å². The van der Waals surface area contributed by atoms with E-state index in [1.807, 2.05) is 24.3 Å². The molecular formula is C17H18N2O4. The summed E-state index contributed by atoms with van der Waals surface area (Å²) in [7, 11) is 1.59. The molecule has 0 aliphatic carbocycles. The van der Waals surface area contributed by atoms with E-state index < -0.39 is 0 Å². The highest BCUT2D eigenvalue weighted by molar-refractivity contribution is 5.78. The lowest BCUT2D eigenvalue weighted by atomic mass is 10.1. The number of methoxy groups -OCH3 is 1. The van der Waals surface area contributed by atoms with Gasteiger partial charge < -0.3 is 19.1 Å². The van der Waals surface area contributed by atoms with Gasteiger partial charge in [0.2, 0.25) is 0 Å². The minimum absolute atomic E-state index is 0.00673. The van der Waals surface area contributed by atoms with Crippen molar-refractivity contribution in [3.8, 4) is 17.2 Å². The zero-order valence-electron chi connectivity index (χ0n) is 12.8. The summed E-state index contributed by atoms with van der Waals surface area (Å²) in [5.74, 6) is 1.97. The fourth-order valence-electron chi connectivity index (χ4n) is 2.25. The van der Waals surface area contributed by atoms with Crippen molar-refractivity contribution < 1.29 is 19.0 Å². The van der Waals surface area contributed by atoms with Crippen LogP contribution in [0.25, 0.3) is 0 Å². The molecule has 23 heavy (non-hydrogen) atoms. The molecule has 1 aliphatic heterocycles. The van der Waals surface area contributed by atoms with E-state index in [1.165, 1.54) is 0 Å². The van der Waals surface area contributed by atoms with Gasteiger partial charge in [-0.15, -0.1) is 0 Å². The van der Waals surface area contributed by atoms with Crippen molar-refractivity contribution in [2.45, 2.75) is 6.10 Å². The lowest BCUT2D eigenvalue weighted by Gasteiger charge is -2.38. The van der Waals surface area contributed by atoms with E-state index in [-0.39, 0.29) is 18.6 Å². The van der Waals surface area contributed by atoms with Crippen LogP contribution in [0.15, 0.2) is 48.8 Å². The van der Waals surface area contributed by atoms with Crippen molar-refractivity contribution in [1.29, 1.82) is 0 Å². The topological polar surface area (TPSA) is 60.9 Å². The third kappa shape index (κ3) is 3.91. The number of benzene rings is 1. The molecule has 0 atom stereocenters. The normalized spacial score (nSPS) is 14.0. The van der Waals surface area contributed by atoms with Gasteiger partial charge in [0.1, 0.15) is 23.4 Å². The first kappa shape index (κ1) is 15.1. The van der Waals surface area contributed by atoms with E-state index in [0.29, 0.717) is 24.6 Å². The number of carbonyl (C=O) groups is 1. The second-order valence-electron chi connectivity index (χ2n) is 5.19. The van der Waals surface area contributed by atoms with Crippen LogP contribution >= 0.6 is 0 Å². The van der Waals surface area contributed by atoms with E-state index in [1.54, 1.807) is 36.5 Å². The van der Waals surface area contributed by atoms with Crippen LogP contribution in [0.5, 0.6) is 17.2 Å². The van der Waals surface area contributed by atoms with Gasteiger partial charge in [-0.1, -0.05) is 6.07 Å². The van der Waals surface area contributed by atoms with E-state index in [9.17, 15) is 4.79 Å². The molecule has 1 fully saturated rings. The molecule has 0 bridgehead atoms. The summed E-state index contributed by atoms with van der Waals surface area (Å²) in [4.78, 5) is 17.8. The van der Waals surface area contributed by atoms with E-state index in [4.69, 9.17) is 14.2 Å². The first-order chi connectivity index (χ1) is 11.2. The number of aromatic nitrogens is 1. The molecule has 1 aromatic heterocycles. The molecule has 120 valence electrons. The standard InChI is InChI=1S/C17H18N2O4/c1-21-13-4-2-5-14(8-13)22-12-17(20)19-10-16(11-19)23-15-6-3-7-18-9-15/h2-9,16H,10-12H2,1H3. The fraction of sp³-hybridized carbons (Fsp3) is 0.294. The predicted molar refractivity (Wildman–Crippen MR) is 83.7 cm³/mol. The Bertz CT molecular complexity index is 657. The first-order valence-electron chi connectivity index (χ1n) is 7.36. The van der Waals surface area contributed by atoms with Crippen molar-refractivity contribution in [3.05, 3.63) is 48.8 Å². The molecule has 1 aromatic carbocycles. The van der Waals surface area contributed by atoms with Crippen LogP contribution in [-0.4, -0.2) is 48.7 Å². The van der Waals surface area contributed by atoms with Crippen molar-refractivity contribution >= 4 is 5.91 Å². The number of amides is 1. The van der Waals surface area contributed by atoms with Gasteiger partial charge in [-0.25, -0.2) is 0 Å². The summed E-state index contributed by atoms with van der Waals surface area (Å²) in [6.45, 7) is 1.14. The monoisotopic (exact) mass is 314 g/mol. The van der Waals surface area contributed by atoms with Gasteiger partial charge in [-0.05, 0) is 24.3 Å². The number of likely N-dealkylation sites (tertiary alicyclic amines) is 1. The Morgan fingerprint density at radius 1 is 1.22 bits per heavy atom. The molecule has 0 saturated carbocycles. The lowest BCUT2D eigenvalue weighted by Crippen LogP contribution is -2.57. The van der Waals surface area contributed by atoms with Crippen molar-refractivity contribution in [3.63, 3.8) is 0 Å². The summed E-state index contributed by atoms with van der Waals surface area (Å²) in [5, 5.41) is 0. The molecule has 0 spiro atoms. The number of nitrogens with zero attached hydrogens (tertiary/aromatic N) is 2. The Labute approximate surface area is 134 Å². The molecule has 3 rings (SSSR count). The predicted octanol–water partition coefficient (Wildman–Crippen LogP) is 1.76. The second-order valence-corrected chi connectivity index (χ2v) is 5.19. The zero-order chi connectivity index (χ0) is 16.1. The van der Waals surface area contributed by atoms with Crippen molar-refractivity contribution in [1.82, 2.24) is 9.88 Å². The molecule has 1 saturated heterocycles. The van der Waals surface area contributed by atoms with Crippen LogP contribution in [-0.2, 0) is 4.79 Å². The SMILES string of the molecule is COc1cccc(OCC(=O)N2CC(Oc3cccnc3)C2)c1. The summed E-state index contributed by atoms with van der Waals surface area (Å²) in [5.41, 5.74) is 0. The van der Waals surface area contributed by atoms with Gasteiger partial charge in [0.05, 0.1) is 26.4 Å². The molecule has 0 N–H and O–H groups in total. The van der Waals surface area contributed by atoms with Crippen LogP contribution in [0.3, 0.4) is 0 Å². The molecule has 1 amide bonds. The lowest BCUT2D eigenvalue weighted by molar-refractivity contribution is -0.142. The molecule has 2 heterocycles. The van der Waals surface area contributed by atoms with Crippen molar-refractivity contribution in [2.75, 3.05) is 26.8 Å². The van der Waals surface area contributed by atoms with E-state index >= 15 is 0 Å². The minimum atomic E-state index is -0.0566. The van der Waals surface area contributed by atoms with Gasteiger partial charge in [0.15, 0.2) is 6.61 Å². The first-order valence-corrected chi connectivity index (χ1v) is 7.36.